The van der Waals surface area contributed by atoms with E-state index in [2.05, 4.69) is 20.6 Å². The largest absolute Gasteiger partial charge is 0.323 e. The number of rotatable bonds is 3. The molecule has 1 atom stereocenters. The summed E-state index contributed by atoms with van der Waals surface area (Å²) in [7, 11) is 0. The highest BCUT2D eigenvalue weighted by atomic mass is 16.2. The fourth-order valence-corrected chi connectivity index (χ4v) is 2.36. The number of hydrogen-bond donors (Lipinski definition) is 2. The maximum Gasteiger partial charge on any atom is 0.241 e. The number of imidazole rings is 1. The average molecular weight is 271 g/mol. The van der Waals surface area contributed by atoms with Crippen LogP contribution in [0.2, 0.25) is 0 Å². The van der Waals surface area contributed by atoms with E-state index < -0.39 is 0 Å². The summed E-state index contributed by atoms with van der Waals surface area (Å²) in [6.07, 6.45) is 7.21. The average Bonchev–Trinajstić information content (AvgIpc) is 3.11. The molecule has 3 rings (SSSR count). The molecule has 6 nitrogen and oxygen atoms in total. The third kappa shape index (κ3) is 2.55. The first-order valence-electron chi connectivity index (χ1n) is 6.74. The van der Waals surface area contributed by atoms with E-state index >= 15 is 0 Å². The molecule has 0 radical (unpaired) electrons. The highest BCUT2D eigenvalue weighted by Gasteiger charge is 2.21. The van der Waals surface area contributed by atoms with Gasteiger partial charge in [-0.15, -0.1) is 0 Å². The molecule has 2 aromatic heterocycles. The summed E-state index contributed by atoms with van der Waals surface area (Å²) in [5.41, 5.74) is 0.713. The number of nitrogens with zero attached hydrogens (tertiary/aromatic N) is 3. The fourth-order valence-electron chi connectivity index (χ4n) is 2.36. The van der Waals surface area contributed by atoms with Crippen molar-refractivity contribution in [3.63, 3.8) is 0 Å². The molecule has 1 saturated heterocycles. The van der Waals surface area contributed by atoms with E-state index in [0.29, 0.717) is 5.69 Å². The summed E-state index contributed by atoms with van der Waals surface area (Å²) in [5.74, 6) is 1.68. The Hall–Kier alpha value is -2.21. The van der Waals surface area contributed by atoms with Crippen molar-refractivity contribution in [2.75, 3.05) is 11.9 Å². The van der Waals surface area contributed by atoms with E-state index in [1.165, 1.54) is 0 Å². The number of aromatic nitrogens is 3. The van der Waals surface area contributed by atoms with Crippen LogP contribution >= 0.6 is 0 Å². The van der Waals surface area contributed by atoms with Crippen molar-refractivity contribution < 1.29 is 4.79 Å². The van der Waals surface area contributed by atoms with E-state index in [-0.39, 0.29) is 11.9 Å². The lowest BCUT2D eigenvalue weighted by Crippen LogP contribution is -2.35. The Balaban J connectivity index is 1.70. The minimum Gasteiger partial charge on any atom is -0.323 e. The molecule has 104 valence electrons. The van der Waals surface area contributed by atoms with E-state index in [0.717, 1.165) is 31.0 Å². The van der Waals surface area contributed by atoms with Gasteiger partial charge in [0, 0.05) is 12.4 Å². The van der Waals surface area contributed by atoms with E-state index in [9.17, 15) is 4.79 Å². The third-order valence-electron chi connectivity index (χ3n) is 3.46. The second-order valence-corrected chi connectivity index (χ2v) is 4.89. The molecular formula is C14H17N5O. The van der Waals surface area contributed by atoms with Gasteiger partial charge in [0.1, 0.15) is 11.6 Å². The molecule has 1 amide bonds. The molecule has 6 heteroatoms. The highest BCUT2D eigenvalue weighted by Crippen LogP contribution is 2.13. The maximum absolute atomic E-state index is 12.0. The van der Waals surface area contributed by atoms with Crippen molar-refractivity contribution in [3.05, 3.63) is 36.5 Å². The van der Waals surface area contributed by atoms with Crippen molar-refractivity contribution >= 4 is 11.6 Å². The molecule has 0 saturated carbocycles. The number of amides is 1. The number of hydrogen-bond acceptors (Lipinski definition) is 4. The normalized spacial score (nSPS) is 18.1. The van der Waals surface area contributed by atoms with E-state index in [1.54, 1.807) is 12.4 Å². The summed E-state index contributed by atoms with van der Waals surface area (Å²) >= 11 is 0. The topological polar surface area (TPSA) is 71.8 Å². The van der Waals surface area contributed by atoms with Gasteiger partial charge in [0.25, 0.3) is 0 Å². The SMILES string of the molecule is Cc1nccn1-c1ccc(NC(=O)[C@@H]2CCCN2)cn1. The predicted octanol–water partition coefficient (Wildman–Crippen LogP) is 1.27. The molecule has 2 aromatic rings. The number of anilines is 1. The number of pyridine rings is 1. The number of aryl methyl sites for hydroxylation is 1. The molecule has 20 heavy (non-hydrogen) atoms. The molecule has 0 aromatic carbocycles. The van der Waals surface area contributed by atoms with Crippen LogP contribution in [0.25, 0.3) is 5.82 Å². The highest BCUT2D eigenvalue weighted by molar-refractivity contribution is 5.94. The van der Waals surface area contributed by atoms with E-state index in [1.807, 2.05) is 29.8 Å². The Bertz CT molecular complexity index is 598. The van der Waals surface area contributed by atoms with Gasteiger partial charge in [-0.25, -0.2) is 9.97 Å². The minimum atomic E-state index is -0.0782. The molecule has 3 heterocycles. The monoisotopic (exact) mass is 271 g/mol. The van der Waals surface area contributed by atoms with Gasteiger partial charge in [0.05, 0.1) is 17.9 Å². The summed E-state index contributed by atoms with van der Waals surface area (Å²) in [6, 6.07) is 3.65. The molecule has 0 aliphatic carbocycles. The Labute approximate surface area is 117 Å². The van der Waals surface area contributed by atoms with Gasteiger partial charge >= 0.3 is 0 Å². The quantitative estimate of drug-likeness (QED) is 0.881. The molecule has 1 fully saturated rings. The van der Waals surface area contributed by atoms with Crippen LogP contribution in [-0.2, 0) is 4.79 Å². The third-order valence-corrected chi connectivity index (χ3v) is 3.46. The van der Waals surface area contributed by atoms with Gasteiger partial charge in [0.2, 0.25) is 5.91 Å². The number of nitrogens with one attached hydrogen (secondary N) is 2. The fraction of sp³-hybridized carbons (Fsp3) is 0.357. The first-order chi connectivity index (χ1) is 9.74. The molecule has 0 bridgehead atoms. The van der Waals surface area contributed by atoms with Gasteiger partial charge in [0.15, 0.2) is 0 Å². The Morgan fingerprint density at radius 1 is 1.45 bits per heavy atom. The van der Waals surface area contributed by atoms with Gasteiger partial charge in [-0.2, -0.15) is 0 Å². The lowest BCUT2D eigenvalue weighted by molar-refractivity contribution is -0.117. The maximum atomic E-state index is 12.0. The van der Waals surface area contributed by atoms with Crippen molar-refractivity contribution in [1.82, 2.24) is 19.9 Å². The van der Waals surface area contributed by atoms with Crippen LogP contribution in [0.15, 0.2) is 30.7 Å². The summed E-state index contributed by atoms with van der Waals surface area (Å²) in [5, 5.41) is 6.06. The Morgan fingerprint density at radius 3 is 2.95 bits per heavy atom. The van der Waals surface area contributed by atoms with Gasteiger partial charge in [-0.1, -0.05) is 0 Å². The first-order valence-corrected chi connectivity index (χ1v) is 6.74. The first kappa shape index (κ1) is 12.8. The van der Waals surface area contributed by atoms with Crippen LogP contribution in [0, 0.1) is 6.92 Å². The molecule has 0 unspecified atom stereocenters. The van der Waals surface area contributed by atoms with Crippen molar-refractivity contribution in [1.29, 1.82) is 0 Å². The lowest BCUT2D eigenvalue weighted by atomic mass is 10.2. The summed E-state index contributed by atoms with van der Waals surface area (Å²) < 4.78 is 1.89. The number of carbonyl (C=O) groups is 1. The molecule has 0 spiro atoms. The van der Waals surface area contributed by atoms with Crippen molar-refractivity contribution in [3.8, 4) is 5.82 Å². The van der Waals surface area contributed by atoms with Crippen LogP contribution < -0.4 is 10.6 Å². The zero-order chi connectivity index (χ0) is 13.9. The molecular weight excluding hydrogens is 254 g/mol. The summed E-state index contributed by atoms with van der Waals surface area (Å²) in [4.78, 5) is 20.5. The predicted molar refractivity (Wildman–Crippen MR) is 75.8 cm³/mol. The van der Waals surface area contributed by atoms with Crippen LogP contribution in [0.4, 0.5) is 5.69 Å². The second kappa shape index (κ2) is 5.42. The second-order valence-electron chi connectivity index (χ2n) is 4.89. The van der Waals surface area contributed by atoms with Crippen LogP contribution in [0.1, 0.15) is 18.7 Å². The molecule has 1 aliphatic rings. The lowest BCUT2D eigenvalue weighted by Gasteiger charge is -2.11. The van der Waals surface area contributed by atoms with Gasteiger partial charge in [-0.05, 0) is 38.4 Å². The zero-order valence-corrected chi connectivity index (χ0v) is 11.3. The molecule has 1 aliphatic heterocycles. The number of carbonyl (C=O) groups excluding carboxylic acids is 1. The van der Waals surface area contributed by atoms with Crippen LogP contribution in [0.5, 0.6) is 0 Å². The minimum absolute atomic E-state index is 0.0101. The Kier molecular flexibility index (Phi) is 3.47. The smallest absolute Gasteiger partial charge is 0.241 e. The van der Waals surface area contributed by atoms with Gasteiger partial charge < -0.3 is 10.6 Å². The van der Waals surface area contributed by atoms with E-state index in [4.69, 9.17) is 0 Å². The van der Waals surface area contributed by atoms with Crippen LogP contribution in [0.3, 0.4) is 0 Å². The van der Waals surface area contributed by atoms with Crippen LogP contribution in [-0.4, -0.2) is 33.0 Å². The molecule has 2 N–H and O–H groups in total. The summed E-state index contributed by atoms with van der Waals surface area (Å²) in [6.45, 7) is 2.83. The van der Waals surface area contributed by atoms with Crippen molar-refractivity contribution in [2.24, 2.45) is 0 Å². The van der Waals surface area contributed by atoms with Crippen molar-refractivity contribution in [2.45, 2.75) is 25.8 Å². The Morgan fingerprint density at radius 2 is 2.35 bits per heavy atom. The van der Waals surface area contributed by atoms with Gasteiger partial charge in [-0.3, -0.25) is 9.36 Å². The zero-order valence-electron chi connectivity index (χ0n) is 11.3. The standard InChI is InChI=1S/C14H17N5O/c1-10-15-7-8-19(10)13-5-4-11(9-17-13)18-14(20)12-3-2-6-16-12/h4-5,7-9,12,16H,2-3,6H2,1H3,(H,18,20)/t12-/m0/s1.